The monoisotopic (exact) mass is 392 g/mol. The summed E-state index contributed by atoms with van der Waals surface area (Å²) in [6.07, 6.45) is -3.52. The van der Waals surface area contributed by atoms with E-state index in [-0.39, 0.29) is 0 Å². The van der Waals surface area contributed by atoms with Crippen LogP contribution in [-0.4, -0.2) is 23.5 Å². The number of halogens is 3. The third kappa shape index (κ3) is 3.06. The van der Waals surface area contributed by atoms with Crippen molar-refractivity contribution in [3.05, 3.63) is 77.4 Å². The van der Waals surface area contributed by atoms with Crippen LogP contribution in [0.3, 0.4) is 0 Å². The van der Waals surface area contributed by atoms with E-state index in [9.17, 15) is 13.2 Å². The smallest absolute Gasteiger partial charge is 0.302 e. The summed E-state index contributed by atoms with van der Waals surface area (Å²) in [6, 6.07) is 17.7. The summed E-state index contributed by atoms with van der Waals surface area (Å²) in [7, 11) is 2.03. The number of aromatic nitrogens is 1. The molecule has 0 fully saturated rings. The zero-order chi connectivity index (χ0) is 20.2. The molecule has 0 atom stereocenters. The Morgan fingerprint density at radius 2 is 1.76 bits per heavy atom. The molecule has 0 bridgehead atoms. The molecular formula is C24H19F3N2. The molecule has 5 rings (SSSR count). The lowest BCUT2D eigenvalue weighted by Gasteiger charge is -2.28. The fourth-order valence-corrected chi connectivity index (χ4v) is 4.33. The molecule has 0 amide bonds. The molecule has 2 heterocycles. The topological polar surface area (TPSA) is 16.1 Å². The SMILES string of the molecule is CN1CCc2c(c(-c3cccc(C(F)(F)F)c3)nc3ccc4ccccc4c23)C1. The number of alkyl halides is 3. The van der Waals surface area contributed by atoms with Crippen LogP contribution in [-0.2, 0) is 19.1 Å². The minimum absolute atomic E-state index is 0.515. The molecule has 1 aliphatic heterocycles. The van der Waals surface area contributed by atoms with Crippen molar-refractivity contribution in [3.63, 3.8) is 0 Å². The summed E-state index contributed by atoms with van der Waals surface area (Å²) in [5.74, 6) is 0. The number of hydrogen-bond acceptors (Lipinski definition) is 2. The van der Waals surface area contributed by atoms with Crippen LogP contribution < -0.4 is 0 Å². The van der Waals surface area contributed by atoms with Crippen LogP contribution in [0.25, 0.3) is 32.9 Å². The first kappa shape index (κ1) is 18.1. The second-order valence-electron chi connectivity index (χ2n) is 7.66. The van der Waals surface area contributed by atoms with Crippen LogP contribution in [0.5, 0.6) is 0 Å². The van der Waals surface area contributed by atoms with Gasteiger partial charge in [0.25, 0.3) is 0 Å². The van der Waals surface area contributed by atoms with Gasteiger partial charge in [-0.05, 0) is 53.6 Å². The number of pyridine rings is 1. The van der Waals surface area contributed by atoms with Gasteiger partial charge in [-0.2, -0.15) is 13.2 Å². The minimum atomic E-state index is -4.38. The Morgan fingerprint density at radius 3 is 2.59 bits per heavy atom. The first-order valence-corrected chi connectivity index (χ1v) is 9.61. The predicted molar refractivity (Wildman–Crippen MR) is 110 cm³/mol. The van der Waals surface area contributed by atoms with E-state index in [0.717, 1.165) is 46.3 Å². The van der Waals surface area contributed by atoms with Gasteiger partial charge in [-0.25, -0.2) is 4.98 Å². The molecular weight excluding hydrogens is 373 g/mol. The summed E-state index contributed by atoms with van der Waals surface area (Å²) in [4.78, 5) is 7.07. The number of nitrogens with zero attached hydrogens (tertiary/aromatic N) is 2. The Morgan fingerprint density at radius 1 is 0.931 bits per heavy atom. The van der Waals surface area contributed by atoms with Crippen molar-refractivity contribution in [2.75, 3.05) is 13.6 Å². The van der Waals surface area contributed by atoms with Crippen LogP contribution in [0, 0.1) is 0 Å². The fourth-order valence-electron chi connectivity index (χ4n) is 4.33. The number of rotatable bonds is 1. The normalized spacial score (nSPS) is 15.0. The number of hydrogen-bond donors (Lipinski definition) is 0. The minimum Gasteiger partial charge on any atom is -0.302 e. The van der Waals surface area contributed by atoms with E-state index in [0.29, 0.717) is 17.8 Å². The van der Waals surface area contributed by atoms with E-state index < -0.39 is 11.7 Å². The van der Waals surface area contributed by atoms with Crippen molar-refractivity contribution in [2.24, 2.45) is 0 Å². The van der Waals surface area contributed by atoms with Crippen molar-refractivity contribution in [2.45, 2.75) is 19.1 Å². The van der Waals surface area contributed by atoms with Crippen molar-refractivity contribution >= 4 is 21.7 Å². The molecule has 146 valence electrons. The van der Waals surface area contributed by atoms with E-state index in [2.05, 4.69) is 17.0 Å². The van der Waals surface area contributed by atoms with E-state index in [4.69, 9.17) is 4.98 Å². The molecule has 2 nitrogen and oxygen atoms in total. The highest BCUT2D eigenvalue weighted by Crippen LogP contribution is 2.38. The van der Waals surface area contributed by atoms with Gasteiger partial charge in [0.1, 0.15) is 0 Å². The highest BCUT2D eigenvalue weighted by molar-refractivity contribution is 6.09. The second kappa shape index (κ2) is 6.56. The van der Waals surface area contributed by atoms with Crippen molar-refractivity contribution in [1.82, 2.24) is 9.88 Å². The quantitative estimate of drug-likeness (QED) is 0.366. The molecule has 3 aromatic carbocycles. The van der Waals surface area contributed by atoms with Gasteiger partial charge in [0.05, 0.1) is 16.8 Å². The van der Waals surface area contributed by atoms with Gasteiger partial charge in [0, 0.05) is 24.0 Å². The molecule has 1 aliphatic rings. The number of fused-ring (bicyclic) bond motifs is 5. The van der Waals surface area contributed by atoms with Crippen LogP contribution >= 0.6 is 0 Å². The third-order valence-corrected chi connectivity index (χ3v) is 5.73. The molecule has 4 aromatic rings. The lowest BCUT2D eigenvalue weighted by atomic mass is 9.89. The Bertz CT molecular complexity index is 1240. The highest BCUT2D eigenvalue weighted by Gasteiger charge is 2.31. The van der Waals surface area contributed by atoms with Gasteiger partial charge >= 0.3 is 6.18 Å². The van der Waals surface area contributed by atoms with E-state index >= 15 is 0 Å². The van der Waals surface area contributed by atoms with Gasteiger partial charge in [-0.3, -0.25) is 0 Å². The summed E-state index contributed by atoms with van der Waals surface area (Å²) < 4.78 is 39.9. The van der Waals surface area contributed by atoms with E-state index in [1.54, 1.807) is 6.07 Å². The number of benzene rings is 3. The maximum absolute atomic E-state index is 13.3. The average molecular weight is 392 g/mol. The number of likely N-dealkylation sites (N-methyl/N-ethyl adjacent to an activating group) is 1. The molecule has 0 radical (unpaired) electrons. The van der Waals surface area contributed by atoms with Crippen LogP contribution in [0.15, 0.2) is 60.7 Å². The average Bonchev–Trinajstić information content (AvgIpc) is 2.72. The lowest BCUT2D eigenvalue weighted by Crippen LogP contribution is -2.27. The van der Waals surface area contributed by atoms with Gasteiger partial charge < -0.3 is 4.90 Å². The molecule has 0 unspecified atom stereocenters. The van der Waals surface area contributed by atoms with Gasteiger partial charge in [0.15, 0.2) is 0 Å². The Hall–Kier alpha value is -2.92. The molecule has 0 aliphatic carbocycles. The molecule has 5 heteroatoms. The van der Waals surface area contributed by atoms with Crippen LogP contribution in [0.4, 0.5) is 13.2 Å². The molecule has 29 heavy (non-hydrogen) atoms. The maximum atomic E-state index is 13.3. The lowest BCUT2D eigenvalue weighted by molar-refractivity contribution is -0.137. The second-order valence-corrected chi connectivity index (χ2v) is 7.66. The largest absolute Gasteiger partial charge is 0.416 e. The molecule has 0 saturated heterocycles. The first-order valence-electron chi connectivity index (χ1n) is 9.61. The highest BCUT2D eigenvalue weighted by atomic mass is 19.4. The third-order valence-electron chi connectivity index (χ3n) is 5.73. The zero-order valence-corrected chi connectivity index (χ0v) is 15.9. The summed E-state index contributed by atoms with van der Waals surface area (Å²) in [5, 5.41) is 3.42. The zero-order valence-electron chi connectivity index (χ0n) is 15.9. The summed E-state index contributed by atoms with van der Waals surface area (Å²) in [5.41, 5.74) is 3.59. The van der Waals surface area contributed by atoms with Gasteiger partial charge in [-0.15, -0.1) is 0 Å². The molecule has 0 saturated carbocycles. The van der Waals surface area contributed by atoms with Crippen molar-refractivity contribution < 1.29 is 13.2 Å². The van der Waals surface area contributed by atoms with Crippen molar-refractivity contribution in [1.29, 1.82) is 0 Å². The van der Waals surface area contributed by atoms with Crippen LogP contribution in [0.2, 0.25) is 0 Å². The Balaban J connectivity index is 1.84. The summed E-state index contributed by atoms with van der Waals surface area (Å²) >= 11 is 0. The first-order chi connectivity index (χ1) is 13.9. The Kier molecular flexibility index (Phi) is 4.10. The molecule has 0 N–H and O–H groups in total. The molecule has 1 aromatic heterocycles. The van der Waals surface area contributed by atoms with Crippen LogP contribution in [0.1, 0.15) is 16.7 Å². The van der Waals surface area contributed by atoms with E-state index in [1.807, 2.05) is 31.3 Å². The standard InChI is InChI=1S/C24H19F3N2/c1-29-12-11-19-20(14-29)23(16-6-4-7-17(13-16)24(25,26)27)28-21-10-9-15-5-2-3-8-18(15)22(19)21/h2-10,13H,11-12,14H2,1H3. The maximum Gasteiger partial charge on any atom is 0.416 e. The molecule has 0 spiro atoms. The van der Waals surface area contributed by atoms with Gasteiger partial charge in [0.2, 0.25) is 0 Å². The summed E-state index contributed by atoms with van der Waals surface area (Å²) in [6.45, 7) is 1.59. The predicted octanol–water partition coefficient (Wildman–Crippen LogP) is 6.06. The van der Waals surface area contributed by atoms with E-state index in [1.165, 1.54) is 17.7 Å². The van der Waals surface area contributed by atoms with Crippen molar-refractivity contribution in [3.8, 4) is 11.3 Å². The fraction of sp³-hybridized carbons (Fsp3) is 0.208. The Labute approximate surface area is 166 Å². The van der Waals surface area contributed by atoms with Gasteiger partial charge in [-0.1, -0.05) is 42.5 Å².